The first kappa shape index (κ1) is 13.0. The summed E-state index contributed by atoms with van der Waals surface area (Å²) in [4.78, 5) is 0. The van der Waals surface area contributed by atoms with Gasteiger partial charge in [-0.1, -0.05) is 57.8 Å². The van der Waals surface area contributed by atoms with Crippen molar-refractivity contribution in [1.82, 2.24) is 0 Å². The van der Waals surface area contributed by atoms with Crippen molar-refractivity contribution < 1.29 is 5.11 Å². The Labute approximate surface area is 95.3 Å². The molecular weight excluding hydrogens is 184 g/mol. The molecule has 1 aliphatic carbocycles. The smallest absolute Gasteiger partial charge is 0.0540 e. The van der Waals surface area contributed by atoms with Crippen LogP contribution in [-0.4, -0.2) is 11.2 Å². The lowest BCUT2D eigenvalue weighted by molar-refractivity contribution is 0.110. The van der Waals surface area contributed by atoms with Gasteiger partial charge in [-0.25, -0.2) is 0 Å². The molecule has 1 unspecified atom stereocenters. The Kier molecular flexibility index (Phi) is 7.08. The first-order chi connectivity index (χ1) is 7.30. The van der Waals surface area contributed by atoms with E-state index in [-0.39, 0.29) is 6.10 Å². The standard InChI is InChI=1S/C14H28O/c1-13(15)14-11-9-7-5-3-2-4-6-8-10-12-14/h13-15H,2-12H2,1H3. The van der Waals surface area contributed by atoms with E-state index in [9.17, 15) is 5.11 Å². The highest BCUT2D eigenvalue weighted by Gasteiger charge is 2.14. The van der Waals surface area contributed by atoms with E-state index in [1.165, 1.54) is 70.6 Å². The summed E-state index contributed by atoms with van der Waals surface area (Å²) in [6.45, 7) is 1.97. The fourth-order valence-electron chi connectivity index (χ4n) is 2.68. The average molecular weight is 212 g/mol. The molecular formula is C14H28O. The molecule has 1 heteroatoms. The lowest BCUT2D eigenvalue weighted by atomic mass is 9.89. The predicted octanol–water partition coefficient (Wildman–Crippen LogP) is 4.29. The van der Waals surface area contributed by atoms with Crippen LogP contribution in [0.1, 0.15) is 77.6 Å². The lowest BCUT2D eigenvalue weighted by Gasteiger charge is -2.20. The van der Waals surface area contributed by atoms with Crippen LogP contribution in [0.25, 0.3) is 0 Å². The van der Waals surface area contributed by atoms with Crippen molar-refractivity contribution in [1.29, 1.82) is 0 Å². The number of hydrogen-bond donors (Lipinski definition) is 1. The van der Waals surface area contributed by atoms with Crippen molar-refractivity contribution >= 4 is 0 Å². The quantitative estimate of drug-likeness (QED) is 0.687. The summed E-state index contributed by atoms with van der Waals surface area (Å²) in [5.41, 5.74) is 0. The van der Waals surface area contributed by atoms with Gasteiger partial charge in [0.2, 0.25) is 0 Å². The molecule has 0 amide bonds. The Morgan fingerprint density at radius 1 is 0.733 bits per heavy atom. The predicted molar refractivity (Wildman–Crippen MR) is 66.0 cm³/mol. The molecule has 0 bridgehead atoms. The molecule has 0 aromatic rings. The van der Waals surface area contributed by atoms with Gasteiger partial charge >= 0.3 is 0 Å². The molecule has 1 nitrogen and oxygen atoms in total. The van der Waals surface area contributed by atoms with Gasteiger partial charge in [0.25, 0.3) is 0 Å². The lowest BCUT2D eigenvalue weighted by Crippen LogP contribution is -2.16. The molecule has 0 aliphatic heterocycles. The number of aliphatic hydroxyl groups is 1. The third kappa shape index (κ3) is 6.19. The molecule has 0 heterocycles. The van der Waals surface area contributed by atoms with Gasteiger partial charge in [-0.3, -0.25) is 0 Å². The summed E-state index contributed by atoms with van der Waals surface area (Å²) in [7, 11) is 0. The van der Waals surface area contributed by atoms with Crippen molar-refractivity contribution in [2.24, 2.45) is 5.92 Å². The van der Waals surface area contributed by atoms with E-state index in [0.717, 1.165) is 0 Å². The second kappa shape index (κ2) is 8.15. The van der Waals surface area contributed by atoms with E-state index in [0.29, 0.717) is 5.92 Å². The highest BCUT2D eigenvalue weighted by molar-refractivity contribution is 4.66. The first-order valence-corrected chi connectivity index (χ1v) is 6.99. The summed E-state index contributed by atoms with van der Waals surface area (Å²) in [5.74, 6) is 0.574. The van der Waals surface area contributed by atoms with Gasteiger partial charge in [0, 0.05) is 0 Å². The monoisotopic (exact) mass is 212 g/mol. The summed E-state index contributed by atoms with van der Waals surface area (Å²) >= 11 is 0. The molecule has 1 fully saturated rings. The minimum absolute atomic E-state index is 0.0899. The zero-order valence-electron chi connectivity index (χ0n) is 10.4. The molecule has 15 heavy (non-hydrogen) atoms. The fourth-order valence-corrected chi connectivity index (χ4v) is 2.68. The number of hydrogen-bond acceptors (Lipinski definition) is 1. The number of rotatable bonds is 1. The van der Waals surface area contributed by atoms with E-state index < -0.39 is 0 Å². The van der Waals surface area contributed by atoms with Gasteiger partial charge in [-0.15, -0.1) is 0 Å². The fraction of sp³-hybridized carbons (Fsp3) is 1.00. The minimum atomic E-state index is -0.0899. The molecule has 90 valence electrons. The molecule has 1 aliphatic rings. The van der Waals surface area contributed by atoms with Crippen molar-refractivity contribution in [3.8, 4) is 0 Å². The van der Waals surface area contributed by atoms with E-state index in [1.807, 2.05) is 6.92 Å². The van der Waals surface area contributed by atoms with Gasteiger partial charge in [-0.05, 0) is 25.7 Å². The molecule has 1 N–H and O–H groups in total. The third-order valence-electron chi connectivity index (χ3n) is 3.83. The largest absolute Gasteiger partial charge is 0.393 e. The van der Waals surface area contributed by atoms with Crippen LogP contribution in [0.3, 0.4) is 0 Å². The molecule has 0 radical (unpaired) electrons. The second-order valence-corrected chi connectivity index (χ2v) is 5.26. The summed E-state index contributed by atoms with van der Waals surface area (Å²) in [6.07, 6.45) is 14.9. The van der Waals surface area contributed by atoms with Crippen LogP contribution in [-0.2, 0) is 0 Å². The van der Waals surface area contributed by atoms with Crippen LogP contribution in [0.4, 0.5) is 0 Å². The molecule has 0 spiro atoms. The van der Waals surface area contributed by atoms with E-state index >= 15 is 0 Å². The van der Waals surface area contributed by atoms with Gasteiger partial charge < -0.3 is 5.11 Å². The summed E-state index contributed by atoms with van der Waals surface area (Å²) in [5, 5.41) is 9.68. The third-order valence-corrected chi connectivity index (χ3v) is 3.83. The van der Waals surface area contributed by atoms with Gasteiger partial charge in [0.15, 0.2) is 0 Å². The Morgan fingerprint density at radius 2 is 1.07 bits per heavy atom. The SMILES string of the molecule is CC(O)C1CCCCCCCCCCC1. The molecule has 0 saturated heterocycles. The first-order valence-electron chi connectivity index (χ1n) is 6.99. The Morgan fingerprint density at radius 3 is 1.40 bits per heavy atom. The molecule has 1 rings (SSSR count). The van der Waals surface area contributed by atoms with Crippen molar-refractivity contribution in [2.45, 2.75) is 83.7 Å². The van der Waals surface area contributed by atoms with E-state index in [4.69, 9.17) is 0 Å². The second-order valence-electron chi connectivity index (χ2n) is 5.26. The summed E-state index contributed by atoms with van der Waals surface area (Å²) < 4.78 is 0. The van der Waals surface area contributed by atoms with Crippen LogP contribution >= 0.6 is 0 Å². The molecule has 1 saturated carbocycles. The van der Waals surface area contributed by atoms with Crippen molar-refractivity contribution in [3.63, 3.8) is 0 Å². The zero-order chi connectivity index (χ0) is 10.9. The van der Waals surface area contributed by atoms with E-state index in [1.54, 1.807) is 0 Å². The van der Waals surface area contributed by atoms with Crippen LogP contribution in [0.2, 0.25) is 0 Å². The van der Waals surface area contributed by atoms with Gasteiger partial charge in [0.05, 0.1) is 6.10 Å². The van der Waals surface area contributed by atoms with E-state index in [2.05, 4.69) is 0 Å². The average Bonchev–Trinajstić information content (AvgIpc) is 2.18. The zero-order valence-corrected chi connectivity index (χ0v) is 10.4. The Hall–Kier alpha value is -0.0400. The highest BCUT2D eigenvalue weighted by Crippen LogP contribution is 2.23. The minimum Gasteiger partial charge on any atom is -0.393 e. The van der Waals surface area contributed by atoms with Crippen molar-refractivity contribution in [3.05, 3.63) is 0 Å². The molecule has 0 aromatic heterocycles. The normalized spacial score (nSPS) is 25.2. The maximum Gasteiger partial charge on any atom is 0.0540 e. The van der Waals surface area contributed by atoms with Crippen LogP contribution in [0, 0.1) is 5.92 Å². The topological polar surface area (TPSA) is 20.2 Å². The Bertz CT molecular complexity index is 130. The molecule has 1 atom stereocenters. The van der Waals surface area contributed by atoms with Gasteiger partial charge in [-0.2, -0.15) is 0 Å². The van der Waals surface area contributed by atoms with Crippen LogP contribution in [0.5, 0.6) is 0 Å². The maximum absolute atomic E-state index is 9.68. The van der Waals surface area contributed by atoms with Crippen molar-refractivity contribution in [2.75, 3.05) is 0 Å². The summed E-state index contributed by atoms with van der Waals surface area (Å²) in [6, 6.07) is 0. The van der Waals surface area contributed by atoms with Crippen LogP contribution in [0.15, 0.2) is 0 Å². The molecule has 0 aromatic carbocycles. The van der Waals surface area contributed by atoms with Gasteiger partial charge in [0.1, 0.15) is 0 Å². The van der Waals surface area contributed by atoms with Crippen LogP contribution < -0.4 is 0 Å². The number of aliphatic hydroxyl groups excluding tert-OH is 1. The Balaban J connectivity index is 2.25. The highest BCUT2D eigenvalue weighted by atomic mass is 16.3. The maximum atomic E-state index is 9.68.